The van der Waals surface area contributed by atoms with Gasteiger partial charge in [-0.2, -0.15) is 0 Å². The zero-order valence-corrected chi connectivity index (χ0v) is 40.4. The van der Waals surface area contributed by atoms with Crippen molar-refractivity contribution in [3.8, 4) is 0 Å². The summed E-state index contributed by atoms with van der Waals surface area (Å²) in [6, 6.07) is -1.02. The Morgan fingerprint density at radius 1 is 0.812 bits per heavy atom. The third-order valence-electron chi connectivity index (χ3n) is 14.5. The fourth-order valence-corrected chi connectivity index (χ4v) is 10.3. The van der Waals surface area contributed by atoms with Crippen LogP contribution in [0.2, 0.25) is 0 Å². The van der Waals surface area contributed by atoms with Crippen LogP contribution in [0.5, 0.6) is 0 Å². The van der Waals surface area contributed by atoms with E-state index in [9.17, 15) is 34.5 Å². The molecule has 4 aliphatic rings. The van der Waals surface area contributed by atoms with E-state index in [1.54, 1.807) is 28.1 Å². The standard InChI is InChI=1S/C51H81NO12/c1-31-16-12-11-13-17-33(3)43(60-8)30-39-22-20-37(7)51(59,64-39)48(56)49(57)52-25-15-14-18-40(52)50(58)63-42(34(4)28-38-21-23-41(53)44(29-38)61-9)24-19-32(2)27-36(6)46(55)47(62-10)45(54)35(5)26-31/h11-13,16-17,27,31-32,34-35,37-44,46-47,53,55,59H,14-15,18-26,28-30H2,1-10H3/b13-11-,16-12-,33-17-,36-27-/t31-,32+,34-,35-,37-,38+,39+,40+,41-,42+,43+,44-,46-,47+,51-/m1/s1. The van der Waals surface area contributed by atoms with E-state index in [1.165, 1.54) is 12.0 Å². The lowest BCUT2D eigenvalue weighted by Gasteiger charge is -2.42. The minimum atomic E-state index is -2.38. The highest BCUT2D eigenvalue weighted by Crippen LogP contribution is 2.38. The van der Waals surface area contributed by atoms with Crippen molar-refractivity contribution < 1.29 is 58.2 Å². The van der Waals surface area contributed by atoms with Crippen molar-refractivity contribution in [3.05, 3.63) is 47.6 Å². The van der Waals surface area contributed by atoms with Crippen LogP contribution in [0.15, 0.2) is 47.6 Å². The summed E-state index contributed by atoms with van der Waals surface area (Å²) >= 11 is 0. The first kappa shape index (κ1) is 53.6. The van der Waals surface area contributed by atoms with Gasteiger partial charge in [0.25, 0.3) is 11.7 Å². The minimum absolute atomic E-state index is 0.0678. The van der Waals surface area contributed by atoms with Gasteiger partial charge in [-0.3, -0.25) is 14.4 Å². The molecule has 0 unspecified atom stereocenters. The molecule has 13 nitrogen and oxygen atoms in total. The molecule has 1 amide bonds. The second-order valence-corrected chi connectivity index (χ2v) is 19.7. The van der Waals surface area contributed by atoms with Crippen LogP contribution in [0.1, 0.15) is 132 Å². The molecular weight excluding hydrogens is 819 g/mol. The number of amides is 1. The highest BCUT2D eigenvalue weighted by Gasteiger charge is 2.53. The number of fused-ring (bicyclic) bond motifs is 3. The normalized spacial score (nSPS) is 40.8. The topological polar surface area (TPSA) is 178 Å². The summed E-state index contributed by atoms with van der Waals surface area (Å²) in [7, 11) is 4.65. The predicted octanol–water partition coefficient (Wildman–Crippen LogP) is 7.00. The molecule has 0 spiro atoms. The number of hydrogen-bond donors (Lipinski definition) is 3. The van der Waals surface area contributed by atoms with E-state index in [0.717, 1.165) is 18.4 Å². The number of aliphatic hydroxyl groups excluding tert-OH is 2. The first-order valence-corrected chi connectivity index (χ1v) is 24.0. The van der Waals surface area contributed by atoms with Crippen LogP contribution in [-0.4, -0.2) is 126 Å². The molecule has 2 saturated heterocycles. The van der Waals surface area contributed by atoms with Gasteiger partial charge in [-0.15, -0.1) is 0 Å². The molecule has 0 aromatic heterocycles. The van der Waals surface area contributed by atoms with E-state index in [-0.39, 0.29) is 48.0 Å². The Morgan fingerprint density at radius 2 is 1.55 bits per heavy atom. The van der Waals surface area contributed by atoms with Gasteiger partial charge in [0.2, 0.25) is 5.79 Å². The number of ether oxygens (including phenoxy) is 5. The maximum atomic E-state index is 14.4. The number of Topliss-reactive ketones (excluding diaryl/α,β-unsaturated/α-hetero) is 2. The second-order valence-electron chi connectivity index (χ2n) is 19.7. The lowest BCUT2D eigenvalue weighted by molar-refractivity contribution is -0.265. The number of methoxy groups -OCH3 is 3. The number of ketones is 2. The van der Waals surface area contributed by atoms with Gasteiger partial charge >= 0.3 is 5.97 Å². The fourth-order valence-electron chi connectivity index (χ4n) is 10.3. The smallest absolute Gasteiger partial charge is 0.329 e. The Morgan fingerprint density at radius 3 is 2.23 bits per heavy atom. The maximum Gasteiger partial charge on any atom is 0.329 e. The molecule has 15 atom stereocenters. The number of piperidine rings is 1. The Hall–Kier alpha value is -3.04. The summed E-state index contributed by atoms with van der Waals surface area (Å²) in [5.74, 6) is -6.09. The number of esters is 1. The van der Waals surface area contributed by atoms with E-state index in [1.807, 2.05) is 64.2 Å². The summed E-state index contributed by atoms with van der Waals surface area (Å²) in [5, 5.41) is 33.9. The van der Waals surface area contributed by atoms with Gasteiger partial charge in [-0.05, 0) is 126 Å². The SMILES string of the molecule is CO[C@H]1C[C@@H]2CC[C@@H](C)[C@@](O)(O2)C(=O)C(=O)N2CCCC[C@H]2C(=O)O[C@H]([C@H](C)C[C@@H]2CC[C@@H](O)[C@H](OC)C2)CC[C@H](C)/C=C(/C)[C@@H](O)[C@@H](OC)C(=O)[C@H](C)C[C@H](C)\C=C/C=C\C=C/1C. The van der Waals surface area contributed by atoms with Gasteiger partial charge < -0.3 is 43.9 Å². The van der Waals surface area contributed by atoms with E-state index < -0.39 is 72.0 Å². The van der Waals surface area contributed by atoms with Crippen LogP contribution < -0.4 is 0 Å². The van der Waals surface area contributed by atoms with Gasteiger partial charge in [0.15, 0.2) is 5.78 Å². The number of allylic oxidation sites excluding steroid dienone is 6. The van der Waals surface area contributed by atoms with Crippen LogP contribution in [0.4, 0.5) is 0 Å². The Balaban J connectivity index is 1.67. The number of carbonyl (C=O) groups is 4. The molecular formula is C51H81NO12. The lowest BCUT2D eigenvalue weighted by atomic mass is 9.78. The minimum Gasteiger partial charge on any atom is -0.461 e. The molecule has 13 heteroatoms. The van der Waals surface area contributed by atoms with Crippen LogP contribution in [0.3, 0.4) is 0 Å². The summed E-state index contributed by atoms with van der Waals surface area (Å²) < 4.78 is 29.6. The molecule has 2 bridgehead atoms. The van der Waals surface area contributed by atoms with Crippen molar-refractivity contribution >= 4 is 23.4 Å². The summed E-state index contributed by atoms with van der Waals surface area (Å²) in [4.78, 5) is 57.8. The van der Waals surface area contributed by atoms with Crippen molar-refractivity contribution in [1.82, 2.24) is 4.90 Å². The Kier molecular flexibility index (Phi) is 21.1. The number of carbonyl (C=O) groups excluding carboxylic acids is 4. The second kappa shape index (κ2) is 25.2. The largest absolute Gasteiger partial charge is 0.461 e. The van der Waals surface area contributed by atoms with Crippen LogP contribution in [0, 0.1) is 35.5 Å². The molecule has 4 rings (SSSR count). The number of hydrogen-bond acceptors (Lipinski definition) is 12. The molecule has 1 aliphatic carbocycles. The maximum absolute atomic E-state index is 14.4. The fraction of sp³-hybridized carbons (Fsp3) is 0.765. The summed E-state index contributed by atoms with van der Waals surface area (Å²) in [6.45, 7) is 13.6. The zero-order valence-electron chi connectivity index (χ0n) is 40.4. The number of cyclic esters (lactones) is 1. The van der Waals surface area contributed by atoms with Crippen molar-refractivity contribution in [2.24, 2.45) is 35.5 Å². The molecule has 362 valence electrons. The Bertz CT molecular complexity index is 1670. The first-order valence-electron chi connectivity index (χ1n) is 24.0. The molecule has 0 aromatic carbocycles. The Labute approximate surface area is 383 Å². The van der Waals surface area contributed by atoms with Crippen molar-refractivity contribution in [3.63, 3.8) is 0 Å². The molecule has 0 aromatic rings. The quantitative estimate of drug-likeness (QED) is 0.142. The van der Waals surface area contributed by atoms with E-state index in [0.29, 0.717) is 76.2 Å². The number of nitrogens with zero attached hydrogens (tertiary/aromatic N) is 1. The number of rotatable bonds is 6. The van der Waals surface area contributed by atoms with Crippen LogP contribution >= 0.6 is 0 Å². The highest BCUT2D eigenvalue weighted by atomic mass is 16.6. The molecule has 3 aliphatic heterocycles. The van der Waals surface area contributed by atoms with Crippen LogP contribution in [0.25, 0.3) is 0 Å². The van der Waals surface area contributed by atoms with Gasteiger partial charge in [-0.1, -0.05) is 71.1 Å². The van der Waals surface area contributed by atoms with Crippen molar-refractivity contribution in [2.75, 3.05) is 27.9 Å². The average Bonchev–Trinajstić information content (AvgIpc) is 3.27. The van der Waals surface area contributed by atoms with Gasteiger partial charge in [-0.25, -0.2) is 4.79 Å². The van der Waals surface area contributed by atoms with Crippen molar-refractivity contribution in [1.29, 1.82) is 0 Å². The molecule has 1 saturated carbocycles. The van der Waals surface area contributed by atoms with Gasteiger partial charge in [0, 0.05) is 46.1 Å². The summed E-state index contributed by atoms with van der Waals surface area (Å²) in [5.41, 5.74) is 1.51. The zero-order chi connectivity index (χ0) is 47.3. The lowest BCUT2D eigenvalue weighted by Crippen LogP contribution is -2.61. The number of aliphatic hydroxyl groups is 3. The van der Waals surface area contributed by atoms with E-state index in [2.05, 4.69) is 6.92 Å². The average molecular weight is 900 g/mol. The van der Waals surface area contributed by atoms with Gasteiger partial charge in [0.05, 0.1) is 24.4 Å². The summed E-state index contributed by atoms with van der Waals surface area (Å²) in [6.07, 6.45) is 14.5. The van der Waals surface area contributed by atoms with E-state index >= 15 is 0 Å². The van der Waals surface area contributed by atoms with Gasteiger partial charge in [0.1, 0.15) is 24.4 Å². The first-order chi connectivity index (χ1) is 30.3. The van der Waals surface area contributed by atoms with E-state index in [4.69, 9.17) is 23.7 Å². The highest BCUT2D eigenvalue weighted by molar-refractivity contribution is 6.39. The monoisotopic (exact) mass is 900 g/mol. The third-order valence-corrected chi connectivity index (χ3v) is 14.5. The molecule has 3 N–H and O–H groups in total. The predicted molar refractivity (Wildman–Crippen MR) is 245 cm³/mol. The molecule has 3 heterocycles. The third kappa shape index (κ3) is 14.2. The van der Waals surface area contributed by atoms with Crippen molar-refractivity contribution in [2.45, 2.75) is 186 Å². The molecule has 3 fully saturated rings. The van der Waals surface area contributed by atoms with Crippen LogP contribution in [-0.2, 0) is 42.9 Å². The molecule has 64 heavy (non-hydrogen) atoms. The molecule has 0 radical (unpaired) electrons.